The molecule has 3 aromatic rings. The molecule has 2 aliphatic rings. The summed E-state index contributed by atoms with van der Waals surface area (Å²) in [6, 6.07) is 9.40. The summed E-state index contributed by atoms with van der Waals surface area (Å²) in [4.78, 5) is 10.7. The number of aromatic nitrogens is 2. The molecule has 8 heteroatoms. The Hall–Kier alpha value is -1.86. The van der Waals surface area contributed by atoms with E-state index < -0.39 is 0 Å². The van der Waals surface area contributed by atoms with E-state index in [1.165, 1.54) is 17.8 Å². The molecule has 172 valence electrons. The van der Waals surface area contributed by atoms with Crippen LogP contribution in [0.25, 0.3) is 22.2 Å². The number of H-pyrrole nitrogens is 1. The van der Waals surface area contributed by atoms with Crippen LogP contribution in [0.1, 0.15) is 30.9 Å². The highest BCUT2D eigenvalue weighted by atomic mass is 35.5. The molecule has 0 bridgehead atoms. The third-order valence-electron chi connectivity index (χ3n) is 6.37. The maximum Gasteiger partial charge on any atom is 0.138 e. The number of hydrogen-bond donors (Lipinski definition) is 1. The number of nitrogens with one attached hydrogen (secondary N) is 1. The quantitative estimate of drug-likeness (QED) is 0.482. The van der Waals surface area contributed by atoms with Gasteiger partial charge in [-0.3, -0.25) is 4.90 Å². The Morgan fingerprint density at radius 2 is 1.94 bits per heavy atom. The van der Waals surface area contributed by atoms with Crippen molar-refractivity contribution in [1.82, 2.24) is 14.9 Å². The molecule has 5 rings (SSSR count). The van der Waals surface area contributed by atoms with Crippen molar-refractivity contribution in [1.29, 1.82) is 0 Å². The third-order valence-corrected chi connectivity index (χ3v) is 6.37. The molecule has 5 nitrogen and oxygen atoms in total. The zero-order chi connectivity index (χ0) is 22.5. The second-order valence-electron chi connectivity index (χ2n) is 8.12. The van der Waals surface area contributed by atoms with Crippen molar-refractivity contribution in [2.24, 2.45) is 0 Å². The Balaban J connectivity index is 0.000000775. The Morgan fingerprint density at radius 3 is 2.69 bits per heavy atom. The first-order valence-electron chi connectivity index (χ1n) is 10.9. The fourth-order valence-electron chi connectivity index (χ4n) is 4.82. The number of nitrogens with zero attached hydrogens (tertiary/aromatic N) is 2. The van der Waals surface area contributed by atoms with Gasteiger partial charge in [0.15, 0.2) is 0 Å². The summed E-state index contributed by atoms with van der Waals surface area (Å²) in [5, 5.41) is 1.20. The molecule has 0 amide bonds. The first kappa shape index (κ1) is 23.3. The lowest BCUT2D eigenvalue weighted by Crippen LogP contribution is -2.37. The minimum Gasteiger partial charge on any atom is -0.496 e. The Morgan fingerprint density at radius 1 is 1.16 bits per heavy atom. The number of benzene rings is 1. The van der Waals surface area contributed by atoms with Crippen LogP contribution in [0.4, 0.5) is 4.39 Å². The number of fused-ring (bicyclic) bond motifs is 1. The normalized spacial score (nSPS) is 19.7. The highest BCUT2D eigenvalue weighted by Gasteiger charge is 2.31. The molecular formula is C24H28Cl2FN3O2. The van der Waals surface area contributed by atoms with E-state index in [4.69, 9.17) is 32.7 Å². The van der Waals surface area contributed by atoms with Crippen molar-refractivity contribution in [3.63, 3.8) is 0 Å². The zero-order valence-corrected chi connectivity index (χ0v) is 19.6. The average molecular weight is 480 g/mol. The molecule has 1 N–H and O–H groups in total. The number of rotatable bonds is 4. The van der Waals surface area contributed by atoms with Gasteiger partial charge in [0.1, 0.15) is 17.2 Å². The molecule has 2 fully saturated rings. The van der Waals surface area contributed by atoms with Crippen LogP contribution < -0.4 is 4.74 Å². The van der Waals surface area contributed by atoms with E-state index in [9.17, 15) is 4.39 Å². The maximum absolute atomic E-state index is 13.9. The van der Waals surface area contributed by atoms with Crippen molar-refractivity contribution in [2.45, 2.75) is 31.2 Å². The summed E-state index contributed by atoms with van der Waals surface area (Å²) in [6.07, 6.45) is 5.17. The third kappa shape index (κ3) is 5.04. The average Bonchev–Trinajstić information content (AvgIpc) is 3.47. The summed E-state index contributed by atoms with van der Waals surface area (Å²) in [5.41, 5.74) is 3.74. The lowest BCUT2D eigenvalue weighted by molar-refractivity contribution is 0.0419. The van der Waals surface area contributed by atoms with Crippen LogP contribution in [0.15, 0.2) is 36.5 Å². The summed E-state index contributed by atoms with van der Waals surface area (Å²) >= 11 is 9.53. The van der Waals surface area contributed by atoms with Gasteiger partial charge in [0.05, 0.1) is 12.4 Å². The van der Waals surface area contributed by atoms with Crippen LogP contribution in [-0.4, -0.2) is 59.7 Å². The first-order valence-corrected chi connectivity index (χ1v) is 12.0. The second kappa shape index (κ2) is 10.8. The van der Waals surface area contributed by atoms with Crippen LogP contribution >= 0.6 is 23.2 Å². The van der Waals surface area contributed by atoms with Crippen molar-refractivity contribution in [3.05, 3.63) is 48.0 Å². The number of hydrogen-bond acceptors (Lipinski definition) is 4. The van der Waals surface area contributed by atoms with Crippen molar-refractivity contribution in [3.8, 4) is 16.9 Å². The van der Waals surface area contributed by atoms with Gasteiger partial charge in [-0.15, -0.1) is 23.2 Å². The monoisotopic (exact) mass is 479 g/mol. The molecule has 32 heavy (non-hydrogen) atoms. The molecule has 2 aromatic heterocycles. The molecule has 4 heterocycles. The molecule has 1 atom stereocenters. The Kier molecular flexibility index (Phi) is 7.89. The Labute approximate surface area is 197 Å². The summed E-state index contributed by atoms with van der Waals surface area (Å²) in [5.74, 6) is 0.854. The standard InChI is InChI=1S/C23H26FN3O2.CH2Cl2/c1-28-22-3-2-16(24)12-19(22)18-4-8-25-23-20(18)13-21(26-23)15-5-9-27(14-15)17-6-10-29-11-7-17;2-1-3/h2-4,8,12-13,15,17H,5-7,9-11,14H2,1H3,(H,25,26);1H2. The second-order valence-corrected chi connectivity index (χ2v) is 8.92. The SMILES string of the molecule is COc1ccc(F)cc1-c1ccnc2[nH]c(C3CCN(C4CCOCC4)C3)cc12.ClCCl. The molecule has 0 spiro atoms. The number of aromatic amines is 1. The van der Waals surface area contributed by atoms with Crippen molar-refractivity contribution in [2.75, 3.05) is 38.8 Å². The lowest BCUT2D eigenvalue weighted by Gasteiger charge is -2.31. The van der Waals surface area contributed by atoms with E-state index in [2.05, 4.69) is 20.9 Å². The molecule has 0 radical (unpaired) electrons. The van der Waals surface area contributed by atoms with Gasteiger partial charge in [0, 0.05) is 54.6 Å². The van der Waals surface area contributed by atoms with E-state index in [1.807, 2.05) is 6.07 Å². The minimum atomic E-state index is -0.274. The van der Waals surface area contributed by atoms with E-state index in [1.54, 1.807) is 19.4 Å². The van der Waals surface area contributed by atoms with Crippen molar-refractivity contribution >= 4 is 34.2 Å². The summed E-state index contributed by atoms with van der Waals surface area (Å²) < 4.78 is 24.9. The summed E-state index contributed by atoms with van der Waals surface area (Å²) in [7, 11) is 1.61. The number of halogens is 3. The molecule has 1 aromatic carbocycles. The number of likely N-dealkylation sites (tertiary alicyclic amines) is 1. The van der Waals surface area contributed by atoms with Gasteiger partial charge in [-0.1, -0.05) is 0 Å². The van der Waals surface area contributed by atoms with Gasteiger partial charge in [-0.05, 0) is 61.7 Å². The van der Waals surface area contributed by atoms with Crippen molar-refractivity contribution < 1.29 is 13.9 Å². The number of alkyl halides is 2. The number of pyridine rings is 1. The van der Waals surface area contributed by atoms with E-state index in [-0.39, 0.29) is 11.2 Å². The largest absolute Gasteiger partial charge is 0.496 e. The molecule has 0 aliphatic carbocycles. The fourth-order valence-corrected chi connectivity index (χ4v) is 4.82. The van der Waals surface area contributed by atoms with Crippen LogP contribution in [0.3, 0.4) is 0 Å². The van der Waals surface area contributed by atoms with E-state index >= 15 is 0 Å². The van der Waals surface area contributed by atoms with Crippen LogP contribution in [0.5, 0.6) is 5.75 Å². The predicted octanol–water partition coefficient (Wildman–Crippen LogP) is 5.77. The smallest absolute Gasteiger partial charge is 0.138 e. The van der Waals surface area contributed by atoms with Gasteiger partial charge in [0.25, 0.3) is 0 Å². The molecule has 2 aliphatic heterocycles. The van der Waals surface area contributed by atoms with Gasteiger partial charge in [0.2, 0.25) is 0 Å². The van der Waals surface area contributed by atoms with E-state index in [0.717, 1.165) is 67.7 Å². The predicted molar refractivity (Wildman–Crippen MR) is 127 cm³/mol. The highest BCUT2D eigenvalue weighted by molar-refractivity contribution is 6.40. The van der Waals surface area contributed by atoms with Crippen LogP contribution in [-0.2, 0) is 4.74 Å². The highest BCUT2D eigenvalue weighted by Crippen LogP contribution is 2.37. The van der Waals surface area contributed by atoms with Gasteiger partial charge in [-0.2, -0.15) is 0 Å². The summed E-state index contributed by atoms with van der Waals surface area (Å²) in [6.45, 7) is 3.95. The van der Waals surface area contributed by atoms with Gasteiger partial charge < -0.3 is 14.5 Å². The first-order chi connectivity index (χ1) is 15.6. The number of methoxy groups -OCH3 is 1. The molecular weight excluding hydrogens is 452 g/mol. The number of ether oxygens (including phenoxy) is 2. The van der Waals surface area contributed by atoms with Gasteiger partial charge >= 0.3 is 0 Å². The molecule has 0 saturated carbocycles. The maximum atomic E-state index is 13.9. The lowest BCUT2D eigenvalue weighted by atomic mass is 10.0. The topological polar surface area (TPSA) is 50.4 Å². The minimum absolute atomic E-state index is 0.194. The van der Waals surface area contributed by atoms with Crippen LogP contribution in [0.2, 0.25) is 0 Å². The fraction of sp³-hybridized carbons (Fsp3) is 0.458. The Bertz CT molecular complexity index is 1040. The zero-order valence-electron chi connectivity index (χ0n) is 18.1. The van der Waals surface area contributed by atoms with Gasteiger partial charge in [-0.25, -0.2) is 9.37 Å². The van der Waals surface area contributed by atoms with E-state index in [0.29, 0.717) is 17.7 Å². The molecule has 1 unspecified atom stereocenters. The van der Waals surface area contributed by atoms with Crippen LogP contribution in [0, 0.1) is 5.82 Å². The molecule has 2 saturated heterocycles.